The van der Waals surface area contributed by atoms with Gasteiger partial charge in [0.1, 0.15) is 22.2 Å². The Morgan fingerprint density at radius 3 is 2.32 bits per heavy atom. The van der Waals surface area contributed by atoms with E-state index < -0.39 is 0 Å². The second kappa shape index (κ2) is 5.65. The van der Waals surface area contributed by atoms with Crippen LogP contribution in [0.25, 0.3) is 0 Å². The second-order valence-corrected chi connectivity index (χ2v) is 4.96. The van der Waals surface area contributed by atoms with E-state index in [-0.39, 0.29) is 10.6 Å². The summed E-state index contributed by atoms with van der Waals surface area (Å²) in [7, 11) is 2.98. The van der Waals surface area contributed by atoms with Crippen LogP contribution in [0.15, 0.2) is 28.7 Å². The molecule has 0 radical (unpaired) electrons. The first-order valence-electron chi connectivity index (χ1n) is 5.68. The third kappa shape index (κ3) is 2.76. The minimum atomic E-state index is -0.381. The number of ether oxygens (including phenoxy) is 2. The molecule has 1 aromatic heterocycles. The summed E-state index contributed by atoms with van der Waals surface area (Å²) in [5, 5.41) is 0. The number of methoxy groups -OCH3 is 2. The fourth-order valence-electron chi connectivity index (χ4n) is 1.81. The molecule has 2 aromatic rings. The summed E-state index contributed by atoms with van der Waals surface area (Å²) in [6.07, 6.45) is 0. The quantitative estimate of drug-likeness (QED) is 0.787. The van der Waals surface area contributed by atoms with Gasteiger partial charge in [-0.3, -0.25) is 0 Å². The summed E-state index contributed by atoms with van der Waals surface area (Å²) < 4.78 is 29.8. The number of hydrogen-bond acceptors (Lipinski definition) is 3. The normalized spacial score (nSPS) is 12.3. The van der Waals surface area contributed by atoms with Crippen LogP contribution in [-0.2, 0) is 0 Å². The van der Waals surface area contributed by atoms with Gasteiger partial charge >= 0.3 is 0 Å². The maximum atomic E-state index is 14.1. The SMILES string of the molecule is COc1cc(F)c(C(Br)c2ccc(C)o2)cc1OC. The highest BCUT2D eigenvalue weighted by molar-refractivity contribution is 9.09. The first-order chi connectivity index (χ1) is 9.06. The minimum Gasteiger partial charge on any atom is -0.493 e. The van der Waals surface area contributed by atoms with E-state index in [1.54, 1.807) is 6.07 Å². The van der Waals surface area contributed by atoms with E-state index in [0.29, 0.717) is 22.8 Å². The molecule has 0 saturated heterocycles. The van der Waals surface area contributed by atoms with Crippen molar-refractivity contribution in [3.05, 3.63) is 47.2 Å². The van der Waals surface area contributed by atoms with E-state index in [1.165, 1.54) is 20.3 Å². The Hall–Kier alpha value is -1.49. The molecule has 0 amide bonds. The fourth-order valence-corrected chi connectivity index (χ4v) is 2.40. The maximum absolute atomic E-state index is 14.1. The van der Waals surface area contributed by atoms with Crippen LogP contribution in [0.1, 0.15) is 21.9 Å². The summed E-state index contributed by atoms with van der Waals surface area (Å²) in [6, 6.07) is 6.55. The summed E-state index contributed by atoms with van der Waals surface area (Å²) in [6.45, 7) is 1.84. The Morgan fingerprint density at radius 1 is 1.16 bits per heavy atom. The van der Waals surface area contributed by atoms with Crippen molar-refractivity contribution in [2.75, 3.05) is 14.2 Å². The molecule has 2 rings (SSSR count). The molecule has 0 bridgehead atoms. The van der Waals surface area contributed by atoms with Crippen LogP contribution < -0.4 is 9.47 Å². The van der Waals surface area contributed by atoms with E-state index in [4.69, 9.17) is 13.9 Å². The van der Waals surface area contributed by atoms with E-state index >= 15 is 0 Å². The van der Waals surface area contributed by atoms with E-state index in [1.807, 2.05) is 19.1 Å². The summed E-state index contributed by atoms with van der Waals surface area (Å²) in [5.41, 5.74) is 0.437. The minimum absolute atomic E-state index is 0.360. The molecule has 1 unspecified atom stereocenters. The Morgan fingerprint density at radius 2 is 1.79 bits per heavy atom. The van der Waals surface area contributed by atoms with Crippen molar-refractivity contribution in [2.24, 2.45) is 0 Å². The van der Waals surface area contributed by atoms with Crippen LogP contribution >= 0.6 is 15.9 Å². The predicted molar refractivity (Wildman–Crippen MR) is 73.7 cm³/mol. The second-order valence-electron chi connectivity index (χ2n) is 4.04. The average molecular weight is 329 g/mol. The number of hydrogen-bond donors (Lipinski definition) is 0. The zero-order valence-corrected chi connectivity index (χ0v) is 12.5. The third-order valence-electron chi connectivity index (χ3n) is 2.79. The van der Waals surface area contributed by atoms with Crippen molar-refractivity contribution in [1.82, 2.24) is 0 Å². The van der Waals surface area contributed by atoms with E-state index in [9.17, 15) is 4.39 Å². The van der Waals surface area contributed by atoms with Crippen LogP contribution in [0.3, 0.4) is 0 Å². The predicted octanol–water partition coefficient (Wildman–Crippen LogP) is 4.23. The van der Waals surface area contributed by atoms with E-state index in [2.05, 4.69) is 15.9 Å². The molecule has 0 aliphatic rings. The van der Waals surface area contributed by atoms with Gasteiger partial charge in [-0.25, -0.2) is 4.39 Å². The average Bonchev–Trinajstić information content (AvgIpc) is 2.84. The number of benzene rings is 1. The molecule has 102 valence electrons. The van der Waals surface area contributed by atoms with Crippen molar-refractivity contribution >= 4 is 15.9 Å². The van der Waals surface area contributed by atoms with Gasteiger partial charge in [0.15, 0.2) is 11.5 Å². The molecule has 0 N–H and O–H groups in total. The van der Waals surface area contributed by atoms with Gasteiger partial charge < -0.3 is 13.9 Å². The lowest BCUT2D eigenvalue weighted by atomic mass is 10.1. The molecule has 3 nitrogen and oxygen atoms in total. The Labute approximate surface area is 119 Å². The number of halogens is 2. The van der Waals surface area contributed by atoms with Gasteiger partial charge in [-0.1, -0.05) is 15.9 Å². The smallest absolute Gasteiger partial charge is 0.163 e. The molecular weight excluding hydrogens is 315 g/mol. The summed E-state index contributed by atoms with van der Waals surface area (Å²) in [5.74, 6) is 1.88. The van der Waals surface area contributed by atoms with Crippen LogP contribution in [0.2, 0.25) is 0 Å². The van der Waals surface area contributed by atoms with Gasteiger partial charge in [-0.2, -0.15) is 0 Å². The van der Waals surface area contributed by atoms with Crippen LogP contribution in [-0.4, -0.2) is 14.2 Å². The zero-order chi connectivity index (χ0) is 14.0. The largest absolute Gasteiger partial charge is 0.493 e. The third-order valence-corrected chi connectivity index (χ3v) is 3.73. The highest BCUT2D eigenvalue weighted by atomic mass is 79.9. The first-order valence-corrected chi connectivity index (χ1v) is 6.60. The van der Waals surface area contributed by atoms with Crippen LogP contribution in [0.5, 0.6) is 11.5 Å². The lowest BCUT2D eigenvalue weighted by molar-refractivity contribution is 0.351. The van der Waals surface area contributed by atoms with Gasteiger partial charge in [0, 0.05) is 11.6 Å². The standard InChI is InChI=1S/C14H14BrFO3/c1-8-4-5-11(19-8)14(15)9-6-12(17-2)13(18-3)7-10(9)16/h4-7,14H,1-3H3. The Balaban J connectivity index is 2.44. The van der Waals surface area contributed by atoms with Gasteiger partial charge in [-0.15, -0.1) is 0 Å². The summed E-state index contributed by atoms with van der Waals surface area (Å²) >= 11 is 3.44. The highest BCUT2D eigenvalue weighted by Gasteiger charge is 2.21. The Bertz CT molecular complexity index is 580. The van der Waals surface area contributed by atoms with Gasteiger partial charge in [-0.05, 0) is 25.1 Å². The van der Waals surface area contributed by atoms with Crippen molar-refractivity contribution in [1.29, 1.82) is 0 Å². The highest BCUT2D eigenvalue weighted by Crippen LogP contribution is 2.38. The molecule has 19 heavy (non-hydrogen) atoms. The van der Waals surface area contributed by atoms with Crippen LogP contribution in [0, 0.1) is 12.7 Å². The molecule has 5 heteroatoms. The Kier molecular flexibility index (Phi) is 4.14. The molecule has 0 saturated carbocycles. The zero-order valence-electron chi connectivity index (χ0n) is 10.9. The van der Waals surface area contributed by atoms with Crippen LogP contribution in [0.4, 0.5) is 4.39 Å². The molecule has 1 aromatic carbocycles. The van der Waals surface area contributed by atoms with E-state index in [0.717, 1.165) is 5.76 Å². The monoisotopic (exact) mass is 328 g/mol. The van der Waals surface area contributed by atoms with Crippen molar-refractivity contribution in [2.45, 2.75) is 11.8 Å². The van der Waals surface area contributed by atoms with Gasteiger partial charge in [0.25, 0.3) is 0 Å². The van der Waals surface area contributed by atoms with Crippen molar-refractivity contribution < 1.29 is 18.3 Å². The van der Waals surface area contributed by atoms with Crippen molar-refractivity contribution in [3.8, 4) is 11.5 Å². The first kappa shape index (κ1) is 13.9. The number of alkyl halides is 1. The molecule has 0 spiro atoms. The topological polar surface area (TPSA) is 31.6 Å². The number of aryl methyl sites for hydroxylation is 1. The molecule has 0 fully saturated rings. The van der Waals surface area contributed by atoms with Gasteiger partial charge in [0.05, 0.1) is 14.2 Å². The van der Waals surface area contributed by atoms with Crippen molar-refractivity contribution in [3.63, 3.8) is 0 Å². The summed E-state index contributed by atoms with van der Waals surface area (Å²) in [4.78, 5) is -0.374. The number of rotatable bonds is 4. The lowest BCUT2D eigenvalue weighted by Gasteiger charge is -2.13. The molecule has 0 aliphatic heterocycles. The number of furan rings is 1. The molecule has 0 aliphatic carbocycles. The maximum Gasteiger partial charge on any atom is 0.163 e. The molecule has 1 heterocycles. The fraction of sp³-hybridized carbons (Fsp3) is 0.286. The van der Waals surface area contributed by atoms with Gasteiger partial charge in [0.2, 0.25) is 0 Å². The molecular formula is C14H14BrFO3. The lowest BCUT2D eigenvalue weighted by Crippen LogP contribution is -1.99. The molecule has 1 atom stereocenters.